The van der Waals surface area contributed by atoms with Gasteiger partial charge in [-0.2, -0.15) is 0 Å². The number of likely N-dealkylation sites (N-methyl/N-ethyl adjacent to an activating group) is 1. The van der Waals surface area contributed by atoms with Gasteiger partial charge in [-0.1, -0.05) is 18.2 Å². The van der Waals surface area contributed by atoms with Crippen LogP contribution in [0.1, 0.15) is 37.2 Å². The third-order valence-electron chi connectivity index (χ3n) is 6.89. The van der Waals surface area contributed by atoms with Gasteiger partial charge in [0.25, 0.3) is 0 Å². The maximum absolute atomic E-state index is 13.0. The molecule has 29 heavy (non-hydrogen) atoms. The summed E-state index contributed by atoms with van der Waals surface area (Å²) in [4.78, 5) is 31.8. The van der Waals surface area contributed by atoms with E-state index in [1.807, 2.05) is 28.0 Å². The van der Waals surface area contributed by atoms with Gasteiger partial charge >= 0.3 is 0 Å². The van der Waals surface area contributed by atoms with E-state index in [0.717, 1.165) is 69.8 Å². The Balaban J connectivity index is 1.24. The lowest BCUT2D eigenvalue weighted by Crippen LogP contribution is -2.48. The second-order valence-electron chi connectivity index (χ2n) is 8.85. The van der Waals surface area contributed by atoms with Gasteiger partial charge in [0.05, 0.1) is 7.11 Å². The minimum atomic E-state index is 0.0924. The molecule has 1 saturated carbocycles. The SMILES string of the molecule is COc1ccccc1[C@@H]1C[C@H]1C(=O)N1CCC(CC(=O)N2CCN(C)CC2)CC1. The van der Waals surface area contributed by atoms with Crippen LogP contribution in [0.3, 0.4) is 0 Å². The zero-order chi connectivity index (χ0) is 20.4. The molecule has 1 aliphatic carbocycles. The van der Waals surface area contributed by atoms with Gasteiger partial charge in [0.1, 0.15) is 5.75 Å². The maximum Gasteiger partial charge on any atom is 0.226 e. The van der Waals surface area contributed by atoms with Gasteiger partial charge in [0.2, 0.25) is 11.8 Å². The number of para-hydroxylation sites is 1. The molecule has 2 aliphatic heterocycles. The minimum Gasteiger partial charge on any atom is -0.496 e. The van der Waals surface area contributed by atoms with Crippen molar-refractivity contribution in [2.75, 3.05) is 53.4 Å². The summed E-state index contributed by atoms with van der Waals surface area (Å²) in [5, 5.41) is 0. The van der Waals surface area contributed by atoms with E-state index in [4.69, 9.17) is 4.74 Å². The number of methoxy groups -OCH3 is 1. The smallest absolute Gasteiger partial charge is 0.226 e. The van der Waals surface area contributed by atoms with Crippen molar-refractivity contribution in [1.82, 2.24) is 14.7 Å². The van der Waals surface area contributed by atoms with Crippen molar-refractivity contribution in [3.63, 3.8) is 0 Å². The van der Waals surface area contributed by atoms with Crippen LogP contribution in [0.15, 0.2) is 24.3 Å². The third kappa shape index (κ3) is 4.58. The topological polar surface area (TPSA) is 53.1 Å². The molecule has 0 bridgehead atoms. The van der Waals surface area contributed by atoms with Crippen LogP contribution in [0.25, 0.3) is 0 Å². The highest BCUT2D eigenvalue weighted by molar-refractivity contribution is 5.83. The number of piperidine rings is 1. The summed E-state index contributed by atoms with van der Waals surface area (Å²) in [5.74, 6) is 2.25. The number of nitrogens with zero attached hydrogens (tertiary/aromatic N) is 3. The summed E-state index contributed by atoms with van der Waals surface area (Å²) in [6, 6.07) is 8.03. The summed E-state index contributed by atoms with van der Waals surface area (Å²) >= 11 is 0. The number of carbonyl (C=O) groups excluding carboxylic acids is 2. The second kappa shape index (κ2) is 8.74. The van der Waals surface area contributed by atoms with E-state index in [1.165, 1.54) is 0 Å². The Hall–Kier alpha value is -2.08. The summed E-state index contributed by atoms with van der Waals surface area (Å²) in [6.07, 6.45) is 3.44. The molecule has 1 aromatic rings. The first-order chi connectivity index (χ1) is 14.1. The van der Waals surface area contributed by atoms with E-state index < -0.39 is 0 Å². The highest BCUT2D eigenvalue weighted by Crippen LogP contribution is 2.51. The number of ether oxygens (including phenoxy) is 1. The predicted molar refractivity (Wildman–Crippen MR) is 112 cm³/mol. The zero-order valence-corrected chi connectivity index (χ0v) is 17.7. The molecule has 2 amide bonds. The molecule has 0 unspecified atom stereocenters. The molecule has 2 saturated heterocycles. The Morgan fingerprint density at radius 3 is 2.38 bits per heavy atom. The van der Waals surface area contributed by atoms with Crippen LogP contribution in [0.5, 0.6) is 5.75 Å². The zero-order valence-electron chi connectivity index (χ0n) is 17.7. The largest absolute Gasteiger partial charge is 0.496 e. The molecular weight excluding hydrogens is 366 g/mol. The van der Waals surface area contributed by atoms with Gasteiger partial charge in [-0.3, -0.25) is 9.59 Å². The van der Waals surface area contributed by atoms with Crippen LogP contribution in [0, 0.1) is 11.8 Å². The van der Waals surface area contributed by atoms with Crippen LogP contribution in [-0.2, 0) is 9.59 Å². The van der Waals surface area contributed by atoms with Gasteiger partial charge in [0.15, 0.2) is 0 Å². The Kier molecular flexibility index (Phi) is 6.09. The molecule has 0 spiro atoms. The van der Waals surface area contributed by atoms with Crippen molar-refractivity contribution in [1.29, 1.82) is 0 Å². The average molecular weight is 400 g/mol. The van der Waals surface area contributed by atoms with Gasteiger partial charge in [-0.05, 0) is 49.8 Å². The first-order valence-corrected chi connectivity index (χ1v) is 10.9. The molecule has 2 heterocycles. The van der Waals surface area contributed by atoms with E-state index in [1.54, 1.807) is 7.11 Å². The molecule has 6 nitrogen and oxygen atoms in total. The Morgan fingerprint density at radius 2 is 1.69 bits per heavy atom. The molecule has 6 heteroatoms. The number of carbonyl (C=O) groups is 2. The number of hydrogen-bond acceptors (Lipinski definition) is 4. The van der Waals surface area contributed by atoms with Gasteiger partial charge < -0.3 is 19.4 Å². The van der Waals surface area contributed by atoms with Crippen molar-refractivity contribution < 1.29 is 14.3 Å². The lowest BCUT2D eigenvalue weighted by Gasteiger charge is -2.35. The highest BCUT2D eigenvalue weighted by Gasteiger charge is 2.47. The fourth-order valence-electron chi connectivity index (χ4n) is 4.81. The van der Waals surface area contributed by atoms with Crippen molar-refractivity contribution in [3.05, 3.63) is 29.8 Å². The van der Waals surface area contributed by atoms with Crippen molar-refractivity contribution in [2.24, 2.45) is 11.8 Å². The number of benzene rings is 1. The van der Waals surface area contributed by atoms with Crippen LogP contribution < -0.4 is 4.74 Å². The number of hydrogen-bond donors (Lipinski definition) is 0. The standard InChI is InChI=1S/C23H33N3O3/c1-24-11-13-25(14-12-24)22(27)15-17-7-9-26(10-8-17)23(28)20-16-19(20)18-5-3-4-6-21(18)29-2/h3-6,17,19-20H,7-16H2,1-2H3/t19-,20+/m0/s1. The summed E-state index contributed by atoms with van der Waals surface area (Å²) in [7, 11) is 3.79. The second-order valence-corrected chi connectivity index (χ2v) is 8.85. The molecule has 2 atom stereocenters. The van der Waals surface area contributed by atoms with Gasteiger partial charge in [-0.25, -0.2) is 0 Å². The summed E-state index contributed by atoms with van der Waals surface area (Å²) in [6.45, 7) is 5.20. The molecule has 4 rings (SSSR count). The van der Waals surface area contributed by atoms with E-state index in [-0.39, 0.29) is 17.7 Å². The first kappa shape index (κ1) is 20.2. The van der Waals surface area contributed by atoms with Gasteiger partial charge in [0, 0.05) is 51.6 Å². The maximum atomic E-state index is 13.0. The highest BCUT2D eigenvalue weighted by atomic mass is 16.5. The third-order valence-corrected chi connectivity index (χ3v) is 6.89. The van der Waals surface area contributed by atoms with E-state index in [2.05, 4.69) is 18.0 Å². The molecular formula is C23H33N3O3. The van der Waals surface area contributed by atoms with Crippen molar-refractivity contribution in [3.8, 4) is 5.75 Å². The molecule has 158 valence electrons. The van der Waals surface area contributed by atoms with Crippen LogP contribution in [0.2, 0.25) is 0 Å². The fourth-order valence-corrected chi connectivity index (χ4v) is 4.81. The fraction of sp³-hybridized carbons (Fsp3) is 0.652. The molecule has 0 aromatic heterocycles. The number of rotatable bonds is 5. The number of piperazine rings is 1. The molecule has 3 fully saturated rings. The molecule has 3 aliphatic rings. The molecule has 0 N–H and O–H groups in total. The monoisotopic (exact) mass is 399 g/mol. The summed E-state index contributed by atoms with van der Waals surface area (Å²) in [5.41, 5.74) is 1.15. The lowest BCUT2D eigenvalue weighted by molar-refractivity contribution is -0.135. The Bertz CT molecular complexity index is 737. The minimum absolute atomic E-state index is 0.0924. The summed E-state index contributed by atoms with van der Waals surface area (Å²) < 4.78 is 5.46. The number of likely N-dealkylation sites (tertiary alicyclic amines) is 1. The number of amides is 2. The van der Waals surface area contributed by atoms with E-state index in [0.29, 0.717) is 18.2 Å². The quantitative estimate of drug-likeness (QED) is 0.762. The predicted octanol–water partition coefficient (Wildman–Crippen LogP) is 2.20. The Labute approximate surface area is 173 Å². The van der Waals surface area contributed by atoms with Crippen LogP contribution in [0.4, 0.5) is 0 Å². The first-order valence-electron chi connectivity index (χ1n) is 10.9. The normalized spacial score (nSPS) is 25.7. The lowest BCUT2D eigenvalue weighted by atomic mass is 9.92. The molecule has 1 aromatic carbocycles. The van der Waals surface area contributed by atoms with Crippen LogP contribution in [-0.4, -0.2) is 79.9 Å². The van der Waals surface area contributed by atoms with E-state index >= 15 is 0 Å². The van der Waals surface area contributed by atoms with Gasteiger partial charge in [-0.15, -0.1) is 0 Å². The average Bonchev–Trinajstić information content (AvgIpc) is 3.55. The van der Waals surface area contributed by atoms with Crippen LogP contribution >= 0.6 is 0 Å². The van der Waals surface area contributed by atoms with Crippen molar-refractivity contribution >= 4 is 11.8 Å². The molecule has 0 radical (unpaired) electrons. The van der Waals surface area contributed by atoms with Crippen molar-refractivity contribution in [2.45, 2.75) is 31.6 Å². The Morgan fingerprint density at radius 1 is 1.00 bits per heavy atom. The van der Waals surface area contributed by atoms with E-state index in [9.17, 15) is 9.59 Å².